The average molecular weight is 415 g/mol. The summed E-state index contributed by atoms with van der Waals surface area (Å²) in [6.07, 6.45) is 10.7. The molecule has 30 heavy (non-hydrogen) atoms. The van der Waals surface area contributed by atoms with E-state index < -0.39 is 0 Å². The molecule has 0 unspecified atom stereocenters. The van der Waals surface area contributed by atoms with Gasteiger partial charge in [0.25, 0.3) is 0 Å². The van der Waals surface area contributed by atoms with Gasteiger partial charge in [-0.25, -0.2) is 9.97 Å². The Labute approximate surface area is 178 Å². The predicted octanol–water partition coefficient (Wildman–Crippen LogP) is 2.90. The van der Waals surface area contributed by atoms with Gasteiger partial charge in [-0.2, -0.15) is 0 Å². The summed E-state index contributed by atoms with van der Waals surface area (Å²) in [5.41, 5.74) is 1.98. The Kier molecular flexibility index (Phi) is 5.92. The van der Waals surface area contributed by atoms with Gasteiger partial charge in [0, 0.05) is 51.0 Å². The minimum absolute atomic E-state index is 0.184. The Balaban J connectivity index is 1.27. The van der Waals surface area contributed by atoms with Crippen LogP contribution in [0.15, 0.2) is 6.20 Å². The normalized spacial score (nSPS) is 27.5. The third kappa shape index (κ3) is 4.19. The summed E-state index contributed by atoms with van der Waals surface area (Å²) in [6.45, 7) is 5.32. The van der Waals surface area contributed by atoms with Gasteiger partial charge in [-0.15, -0.1) is 0 Å². The van der Waals surface area contributed by atoms with E-state index in [1.807, 2.05) is 6.20 Å². The van der Waals surface area contributed by atoms with Crippen LogP contribution in [0.1, 0.15) is 62.6 Å². The van der Waals surface area contributed by atoms with Crippen molar-refractivity contribution in [1.29, 1.82) is 0 Å². The molecule has 1 N–H and O–H groups in total. The van der Waals surface area contributed by atoms with E-state index in [1.165, 1.54) is 25.7 Å². The lowest BCUT2D eigenvalue weighted by Gasteiger charge is -2.34. The highest BCUT2D eigenvalue weighted by Gasteiger charge is 2.46. The highest BCUT2D eigenvalue weighted by Crippen LogP contribution is 2.40. The summed E-state index contributed by atoms with van der Waals surface area (Å²) >= 11 is 0. The minimum atomic E-state index is -0.184. The molecule has 0 bridgehead atoms. The van der Waals surface area contributed by atoms with Crippen LogP contribution < -0.4 is 5.32 Å². The molecular weight excluding hydrogens is 380 g/mol. The molecule has 4 heterocycles. The Morgan fingerprint density at radius 2 is 2.00 bits per heavy atom. The number of nitrogens with one attached hydrogen (secondary N) is 1. The predicted molar refractivity (Wildman–Crippen MR) is 113 cm³/mol. The highest BCUT2D eigenvalue weighted by atomic mass is 16.5. The van der Waals surface area contributed by atoms with Crippen molar-refractivity contribution in [2.45, 2.75) is 63.4 Å². The number of anilines is 1. The van der Waals surface area contributed by atoms with Crippen LogP contribution in [-0.2, 0) is 26.3 Å². The Bertz CT molecular complexity index is 761. The number of ether oxygens (including phenoxy) is 2. The fourth-order valence-electron chi connectivity index (χ4n) is 5.65. The molecule has 1 atom stereocenters. The number of rotatable bonds is 5. The van der Waals surface area contributed by atoms with Gasteiger partial charge in [0.15, 0.2) is 0 Å². The van der Waals surface area contributed by atoms with Crippen LogP contribution in [0.25, 0.3) is 0 Å². The molecule has 0 radical (unpaired) electrons. The van der Waals surface area contributed by atoms with E-state index >= 15 is 0 Å². The van der Waals surface area contributed by atoms with E-state index in [0.29, 0.717) is 43.3 Å². The summed E-state index contributed by atoms with van der Waals surface area (Å²) in [4.78, 5) is 24.5. The summed E-state index contributed by atoms with van der Waals surface area (Å²) < 4.78 is 11.4. The van der Waals surface area contributed by atoms with E-state index in [4.69, 9.17) is 14.5 Å². The second-order valence-electron chi connectivity index (χ2n) is 9.70. The van der Waals surface area contributed by atoms with Crippen molar-refractivity contribution in [3.63, 3.8) is 0 Å². The molecule has 2 saturated heterocycles. The molecule has 0 aromatic carbocycles. The number of fused-ring (bicyclic) bond motifs is 2. The molecule has 1 aromatic heterocycles. The van der Waals surface area contributed by atoms with Crippen molar-refractivity contribution in [1.82, 2.24) is 14.9 Å². The third-order valence-electron chi connectivity index (χ3n) is 7.54. The first-order valence-corrected chi connectivity index (χ1v) is 11.8. The molecule has 7 nitrogen and oxygen atoms in total. The van der Waals surface area contributed by atoms with Crippen molar-refractivity contribution in [2.24, 2.45) is 11.8 Å². The molecule has 1 saturated carbocycles. The largest absolute Gasteiger partial charge is 0.381 e. The maximum Gasteiger partial charge on any atom is 0.222 e. The van der Waals surface area contributed by atoms with Gasteiger partial charge in [-0.1, -0.05) is 12.8 Å². The monoisotopic (exact) mass is 414 g/mol. The lowest BCUT2D eigenvalue weighted by molar-refractivity contribution is -0.131. The van der Waals surface area contributed by atoms with Crippen LogP contribution in [0, 0.1) is 11.8 Å². The summed E-state index contributed by atoms with van der Waals surface area (Å²) in [6, 6.07) is 0. The first-order chi connectivity index (χ1) is 14.7. The van der Waals surface area contributed by atoms with Crippen molar-refractivity contribution < 1.29 is 14.3 Å². The molecule has 4 aliphatic rings. The number of hydrogen-bond donors (Lipinski definition) is 1. The van der Waals surface area contributed by atoms with Gasteiger partial charge >= 0.3 is 0 Å². The van der Waals surface area contributed by atoms with Crippen LogP contribution in [-0.4, -0.2) is 60.2 Å². The number of amides is 1. The minimum Gasteiger partial charge on any atom is -0.381 e. The molecule has 1 aliphatic carbocycles. The molecular formula is C23H34N4O3. The zero-order valence-corrected chi connectivity index (χ0v) is 17.9. The molecule has 1 spiro atoms. The van der Waals surface area contributed by atoms with Crippen molar-refractivity contribution in [2.75, 3.05) is 44.8 Å². The second-order valence-corrected chi connectivity index (χ2v) is 9.70. The molecule has 7 heteroatoms. The molecule has 1 amide bonds. The zero-order valence-electron chi connectivity index (χ0n) is 17.9. The molecule has 164 valence electrons. The number of hydrogen-bond acceptors (Lipinski definition) is 6. The van der Waals surface area contributed by atoms with Crippen molar-refractivity contribution in [3.05, 3.63) is 17.5 Å². The second kappa shape index (κ2) is 8.79. The van der Waals surface area contributed by atoms with Crippen LogP contribution in [0.3, 0.4) is 0 Å². The van der Waals surface area contributed by atoms with Gasteiger partial charge < -0.3 is 19.7 Å². The van der Waals surface area contributed by atoms with E-state index in [2.05, 4.69) is 15.2 Å². The number of carbonyl (C=O) groups is 1. The molecule has 3 fully saturated rings. The Morgan fingerprint density at radius 1 is 1.17 bits per heavy atom. The number of aromatic nitrogens is 2. The number of nitrogens with zero attached hydrogens (tertiary/aromatic N) is 3. The number of likely N-dealkylation sites (tertiary alicyclic amines) is 1. The number of carbonyl (C=O) groups excluding carboxylic acids is 1. The van der Waals surface area contributed by atoms with E-state index in [-0.39, 0.29) is 5.41 Å². The summed E-state index contributed by atoms with van der Waals surface area (Å²) in [5.74, 6) is 2.23. The van der Waals surface area contributed by atoms with Gasteiger partial charge in [-0.05, 0) is 43.9 Å². The zero-order chi connectivity index (χ0) is 20.4. The Morgan fingerprint density at radius 3 is 2.83 bits per heavy atom. The summed E-state index contributed by atoms with van der Waals surface area (Å²) in [5, 5.41) is 3.45. The lowest BCUT2D eigenvalue weighted by atomic mass is 9.80. The maximum atomic E-state index is 12.9. The molecule has 5 rings (SSSR count). The van der Waals surface area contributed by atoms with E-state index in [0.717, 1.165) is 63.4 Å². The topological polar surface area (TPSA) is 76.6 Å². The van der Waals surface area contributed by atoms with E-state index in [1.54, 1.807) is 0 Å². The quantitative estimate of drug-likeness (QED) is 0.798. The average Bonchev–Trinajstić information content (AvgIpc) is 3.44. The third-order valence-corrected chi connectivity index (χ3v) is 7.54. The SMILES string of the molecule is O=C(CC1CCCC1)N1CC[C@]2(COCc3cnc(NCC4CCOCC4)nc32)C1. The van der Waals surface area contributed by atoms with E-state index in [9.17, 15) is 4.79 Å². The fraction of sp³-hybridized carbons (Fsp3) is 0.783. The fourth-order valence-corrected chi connectivity index (χ4v) is 5.65. The summed E-state index contributed by atoms with van der Waals surface area (Å²) in [7, 11) is 0. The van der Waals surface area contributed by atoms with Gasteiger partial charge in [0.05, 0.1) is 24.3 Å². The highest BCUT2D eigenvalue weighted by molar-refractivity contribution is 5.77. The van der Waals surface area contributed by atoms with Gasteiger partial charge in [-0.3, -0.25) is 4.79 Å². The van der Waals surface area contributed by atoms with Crippen LogP contribution in [0.2, 0.25) is 0 Å². The molecule has 3 aliphatic heterocycles. The first-order valence-electron chi connectivity index (χ1n) is 11.8. The van der Waals surface area contributed by atoms with Crippen molar-refractivity contribution in [3.8, 4) is 0 Å². The van der Waals surface area contributed by atoms with Crippen LogP contribution in [0.5, 0.6) is 0 Å². The smallest absolute Gasteiger partial charge is 0.222 e. The maximum absolute atomic E-state index is 12.9. The lowest BCUT2D eigenvalue weighted by Crippen LogP contribution is -2.42. The first kappa shape index (κ1) is 20.2. The standard InChI is InChI=1S/C23H34N4O3/c28-20(11-17-3-1-2-4-17)27-8-7-23(15-27)16-30-14-19-13-25-22(26-21(19)23)24-12-18-5-9-29-10-6-18/h13,17-18H,1-12,14-16H2,(H,24,25,26)/t23-/m1/s1. The Hall–Kier alpha value is -1.73. The molecule has 1 aromatic rings. The van der Waals surface area contributed by atoms with Crippen molar-refractivity contribution >= 4 is 11.9 Å². The van der Waals surface area contributed by atoms with Crippen LogP contribution >= 0.6 is 0 Å². The van der Waals surface area contributed by atoms with Crippen LogP contribution in [0.4, 0.5) is 5.95 Å². The van der Waals surface area contributed by atoms with Gasteiger partial charge in [0.1, 0.15) is 0 Å². The van der Waals surface area contributed by atoms with Gasteiger partial charge in [0.2, 0.25) is 11.9 Å².